The standard InChI is InChI=1S/C8H3Cl5.C8H4Cl4/c1-2-3-4(9)6(11)8(13)7(12)5(3)10;1-2-4-3-5(9)7(11)8(12)6(4)10/h2H,1H2;2-3H,1H2. The molecule has 134 valence electrons. The van der Waals surface area contributed by atoms with E-state index in [-0.39, 0.29) is 35.2 Å². The maximum atomic E-state index is 5.85. The fourth-order valence-corrected chi connectivity index (χ4v) is 3.74. The van der Waals surface area contributed by atoms with E-state index in [0.717, 1.165) is 0 Å². The van der Waals surface area contributed by atoms with Gasteiger partial charge in [0.1, 0.15) is 0 Å². The minimum absolute atomic E-state index is 0.156. The van der Waals surface area contributed by atoms with Gasteiger partial charge in [-0.1, -0.05) is 130 Å². The van der Waals surface area contributed by atoms with Crippen LogP contribution in [0.25, 0.3) is 12.2 Å². The van der Waals surface area contributed by atoms with E-state index < -0.39 is 0 Å². The van der Waals surface area contributed by atoms with Gasteiger partial charge in [-0.25, -0.2) is 0 Å². The molecule has 2 aromatic carbocycles. The van der Waals surface area contributed by atoms with Crippen molar-refractivity contribution < 1.29 is 0 Å². The molecular weight excluding hydrogens is 511 g/mol. The average Bonchev–Trinajstić information content (AvgIpc) is 2.60. The minimum Gasteiger partial charge on any atom is -0.0984 e. The predicted octanol–water partition coefficient (Wildman–Crippen LogP) is 10.5. The van der Waals surface area contributed by atoms with Crippen molar-refractivity contribution in [3.63, 3.8) is 0 Å². The van der Waals surface area contributed by atoms with Gasteiger partial charge >= 0.3 is 0 Å². The van der Waals surface area contributed by atoms with E-state index in [4.69, 9.17) is 104 Å². The SMILES string of the molecule is C=Cc1c(Cl)c(Cl)c(Cl)c(Cl)c1Cl.C=Cc1cc(Cl)c(Cl)c(Cl)c1Cl. The molecule has 2 rings (SSSR count). The Labute approximate surface area is 190 Å². The van der Waals surface area contributed by atoms with Crippen LogP contribution in [0.2, 0.25) is 45.2 Å². The van der Waals surface area contributed by atoms with Crippen molar-refractivity contribution in [2.45, 2.75) is 0 Å². The molecule has 0 aliphatic rings. The van der Waals surface area contributed by atoms with E-state index in [1.165, 1.54) is 6.08 Å². The van der Waals surface area contributed by atoms with Crippen molar-refractivity contribution in [1.82, 2.24) is 0 Å². The Balaban J connectivity index is 0.000000251. The zero-order valence-electron chi connectivity index (χ0n) is 12.0. The Morgan fingerprint density at radius 1 is 0.520 bits per heavy atom. The molecule has 25 heavy (non-hydrogen) atoms. The summed E-state index contributed by atoms with van der Waals surface area (Å²) >= 11 is 52.1. The highest BCUT2D eigenvalue weighted by Crippen LogP contribution is 2.44. The van der Waals surface area contributed by atoms with Gasteiger partial charge in [0.25, 0.3) is 0 Å². The lowest BCUT2D eigenvalue weighted by atomic mass is 10.2. The lowest BCUT2D eigenvalue weighted by Gasteiger charge is -2.08. The fraction of sp³-hybridized carbons (Fsp3) is 0. The quantitative estimate of drug-likeness (QED) is 0.274. The van der Waals surface area contributed by atoms with Gasteiger partial charge in [-0.15, -0.1) is 0 Å². The molecule has 0 nitrogen and oxygen atoms in total. The summed E-state index contributed by atoms with van der Waals surface area (Å²) in [5.41, 5.74) is 1.17. The van der Waals surface area contributed by atoms with Crippen LogP contribution in [0.3, 0.4) is 0 Å². The molecule has 0 radical (unpaired) electrons. The van der Waals surface area contributed by atoms with Gasteiger partial charge < -0.3 is 0 Å². The highest BCUT2D eigenvalue weighted by atomic mass is 35.5. The van der Waals surface area contributed by atoms with Gasteiger partial charge in [-0.05, 0) is 11.6 Å². The van der Waals surface area contributed by atoms with Crippen molar-refractivity contribution in [3.05, 3.63) is 75.6 Å². The summed E-state index contributed by atoms with van der Waals surface area (Å²) in [6, 6.07) is 1.62. The first-order chi connectivity index (χ1) is 11.6. The van der Waals surface area contributed by atoms with Crippen LogP contribution < -0.4 is 0 Å². The molecule has 0 aliphatic carbocycles. The second-order valence-corrected chi connectivity index (χ2v) is 7.71. The van der Waals surface area contributed by atoms with Crippen LogP contribution in [-0.4, -0.2) is 0 Å². The monoisotopic (exact) mass is 514 g/mol. The van der Waals surface area contributed by atoms with Crippen molar-refractivity contribution in [1.29, 1.82) is 0 Å². The summed E-state index contributed by atoms with van der Waals surface area (Å²) < 4.78 is 0. The van der Waals surface area contributed by atoms with Crippen LogP contribution in [-0.2, 0) is 0 Å². The van der Waals surface area contributed by atoms with Gasteiger partial charge in [-0.2, -0.15) is 0 Å². The smallest absolute Gasteiger partial charge is 0.0809 e. The lowest BCUT2D eigenvalue weighted by Crippen LogP contribution is -1.83. The Kier molecular flexibility index (Phi) is 9.60. The van der Waals surface area contributed by atoms with E-state index in [9.17, 15) is 0 Å². The maximum absolute atomic E-state index is 5.85. The number of hydrogen-bond acceptors (Lipinski definition) is 0. The van der Waals surface area contributed by atoms with Gasteiger partial charge in [-0.3, -0.25) is 0 Å². The van der Waals surface area contributed by atoms with Crippen molar-refractivity contribution in [3.8, 4) is 0 Å². The normalized spacial score (nSPS) is 10.1. The summed E-state index contributed by atoms with van der Waals surface area (Å²) in [7, 11) is 0. The van der Waals surface area contributed by atoms with Crippen LogP contribution in [0.4, 0.5) is 0 Å². The molecule has 0 fully saturated rings. The van der Waals surface area contributed by atoms with Crippen LogP contribution in [0.5, 0.6) is 0 Å². The Bertz CT molecular complexity index is 811. The van der Waals surface area contributed by atoms with Gasteiger partial charge in [0.05, 0.1) is 45.2 Å². The third-order valence-electron chi connectivity index (χ3n) is 2.80. The summed E-state index contributed by atoms with van der Waals surface area (Å²) in [6.07, 6.45) is 3.04. The zero-order chi connectivity index (χ0) is 19.5. The van der Waals surface area contributed by atoms with Crippen LogP contribution in [0.15, 0.2) is 19.2 Å². The number of benzene rings is 2. The summed E-state index contributed by atoms with van der Waals surface area (Å²) in [6.45, 7) is 7.09. The van der Waals surface area contributed by atoms with Crippen LogP contribution in [0.1, 0.15) is 11.1 Å². The molecule has 0 atom stereocenters. The van der Waals surface area contributed by atoms with Gasteiger partial charge in [0, 0.05) is 5.56 Å². The first kappa shape index (κ1) is 23.6. The molecule has 0 N–H and O–H groups in total. The van der Waals surface area contributed by atoms with E-state index in [1.807, 2.05) is 0 Å². The van der Waals surface area contributed by atoms with Crippen molar-refractivity contribution in [2.24, 2.45) is 0 Å². The van der Waals surface area contributed by atoms with Gasteiger partial charge in [0.15, 0.2) is 0 Å². The van der Waals surface area contributed by atoms with Gasteiger partial charge in [0.2, 0.25) is 0 Å². The highest BCUT2D eigenvalue weighted by molar-refractivity contribution is 6.55. The van der Waals surface area contributed by atoms with E-state index in [2.05, 4.69) is 13.2 Å². The second kappa shape index (κ2) is 10.2. The first-order valence-corrected chi connectivity index (χ1v) is 9.57. The van der Waals surface area contributed by atoms with E-state index in [1.54, 1.807) is 12.1 Å². The molecule has 0 saturated heterocycles. The topological polar surface area (TPSA) is 0 Å². The molecule has 0 amide bonds. The van der Waals surface area contributed by atoms with E-state index in [0.29, 0.717) is 21.2 Å². The maximum Gasteiger partial charge on any atom is 0.0809 e. The third-order valence-corrected chi connectivity index (χ3v) is 6.87. The summed E-state index contributed by atoms with van der Waals surface area (Å²) in [5.74, 6) is 0. The molecule has 9 heteroatoms. The molecular formula is C16H7Cl9. The molecule has 0 heterocycles. The molecule has 0 aliphatic heterocycles. The van der Waals surface area contributed by atoms with E-state index >= 15 is 0 Å². The van der Waals surface area contributed by atoms with Crippen molar-refractivity contribution in [2.75, 3.05) is 0 Å². The molecule has 0 aromatic heterocycles. The summed E-state index contributed by atoms with van der Waals surface area (Å²) in [5, 5.41) is 2.34. The molecule has 2 aromatic rings. The second-order valence-electron chi connectivity index (χ2n) is 4.28. The van der Waals surface area contributed by atoms with Crippen LogP contribution in [0, 0.1) is 0 Å². The number of halogens is 9. The first-order valence-electron chi connectivity index (χ1n) is 6.17. The third kappa shape index (κ3) is 5.29. The Morgan fingerprint density at radius 2 is 0.920 bits per heavy atom. The lowest BCUT2D eigenvalue weighted by molar-refractivity contribution is 1.65. The highest BCUT2D eigenvalue weighted by Gasteiger charge is 2.16. The van der Waals surface area contributed by atoms with Crippen LogP contribution >= 0.6 is 104 Å². The predicted molar refractivity (Wildman–Crippen MR) is 118 cm³/mol. The molecule has 0 saturated carbocycles. The fourth-order valence-electron chi connectivity index (χ4n) is 1.54. The largest absolute Gasteiger partial charge is 0.0984 e. The zero-order valence-corrected chi connectivity index (χ0v) is 18.9. The number of hydrogen-bond donors (Lipinski definition) is 0. The summed E-state index contributed by atoms with van der Waals surface area (Å²) in [4.78, 5) is 0. The average molecular weight is 518 g/mol. The Morgan fingerprint density at radius 3 is 1.32 bits per heavy atom. The number of rotatable bonds is 2. The minimum atomic E-state index is 0.156. The molecule has 0 unspecified atom stereocenters. The molecule has 0 bridgehead atoms. The molecule has 0 spiro atoms. The Hall–Kier alpha value is 0.530. The van der Waals surface area contributed by atoms with Crippen molar-refractivity contribution >= 4 is 117 Å².